The average Bonchev–Trinajstić information content (AvgIpc) is 3.09. The molecule has 2 aromatic carbocycles. The summed E-state index contributed by atoms with van der Waals surface area (Å²) in [5, 5.41) is 11.9. The van der Waals surface area contributed by atoms with Gasteiger partial charge in [0.05, 0.1) is 5.41 Å². The van der Waals surface area contributed by atoms with Crippen molar-refractivity contribution >= 4 is 5.78 Å². The summed E-state index contributed by atoms with van der Waals surface area (Å²) < 4.78 is 12.4. The number of rotatable bonds is 3. The molecule has 2 bridgehead atoms. The molecule has 2 heterocycles. The van der Waals surface area contributed by atoms with E-state index in [0.29, 0.717) is 24.5 Å². The van der Waals surface area contributed by atoms with E-state index < -0.39 is 17.1 Å². The first-order valence-electron chi connectivity index (χ1n) is 10.2. The van der Waals surface area contributed by atoms with E-state index in [2.05, 4.69) is 11.0 Å². The third-order valence-corrected chi connectivity index (χ3v) is 7.36. The smallest absolute Gasteiger partial charge is 0.196 e. The van der Waals surface area contributed by atoms with E-state index in [1.165, 1.54) is 6.08 Å². The highest BCUT2D eigenvalue weighted by Gasteiger charge is 2.71. The summed E-state index contributed by atoms with van der Waals surface area (Å²) in [6, 6.07) is 13.9. The maximum absolute atomic E-state index is 12.9. The molecular formula is C24H23NO4. The largest absolute Gasteiger partial charge is 0.485 e. The van der Waals surface area contributed by atoms with Gasteiger partial charge < -0.3 is 14.6 Å². The summed E-state index contributed by atoms with van der Waals surface area (Å²) in [6.07, 6.45) is 3.95. The first kappa shape index (κ1) is 17.2. The molecule has 29 heavy (non-hydrogen) atoms. The van der Waals surface area contributed by atoms with E-state index in [1.807, 2.05) is 43.4 Å². The van der Waals surface area contributed by atoms with Gasteiger partial charge in [-0.05, 0) is 55.8 Å². The van der Waals surface area contributed by atoms with Gasteiger partial charge in [0, 0.05) is 11.6 Å². The third kappa shape index (κ3) is 2.04. The molecular weight excluding hydrogens is 366 g/mol. The Bertz CT molecular complexity index is 1050. The van der Waals surface area contributed by atoms with E-state index in [-0.39, 0.29) is 11.8 Å². The number of carbonyl (C=O) groups excluding carboxylic acids is 1. The standard InChI is InChI=1S/C24H23NO4/c1-25-12-11-23-20-16-7-8-18(28-14-15-5-3-2-4-6-15)21(20)29-22(23)17(26)9-10-24(23,27)19(25)13-16/h2-10,19,22,27H,11-14H2,1H3/t19?,22-,23-,24+/m0/s1. The van der Waals surface area contributed by atoms with Gasteiger partial charge in [0.15, 0.2) is 23.4 Å². The number of nitrogens with zero attached hydrogens (tertiary/aromatic N) is 1. The molecule has 0 saturated carbocycles. The van der Waals surface area contributed by atoms with Crippen LogP contribution in [0.1, 0.15) is 23.1 Å². The molecule has 1 fully saturated rings. The van der Waals surface area contributed by atoms with Crippen LogP contribution in [0.5, 0.6) is 11.5 Å². The van der Waals surface area contributed by atoms with Gasteiger partial charge in [0.25, 0.3) is 0 Å². The number of carbonyl (C=O) groups is 1. The third-order valence-electron chi connectivity index (χ3n) is 7.36. The summed E-state index contributed by atoms with van der Waals surface area (Å²) in [4.78, 5) is 15.1. The van der Waals surface area contributed by atoms with Gasteiger partial charge in [0.2, 0.25) is 0 Å². The van der Waals surface area contributed by atoms with Crippen LogP contribution < -0.4 is 9.47 Å². The zero-order valence-corrected chi connectivity index (χ0v) is 16.3. The highest BCUT2D eigenvalue weighted by Crippen LogP contribution is 2.63. The normalized spacial score (nSPS) is 33.9. The molecule has 1 N–H and O–H groups in total. The molecule has 0 radical (unpaired) electrons. The van der Waals surface area contributed by atoms with Crippen molar-refractivity contribution in [3.05, 3.63) is 71.3 Å². The lowest BCUT2D eigenvalue weighted by atomic mass is 9.51. The Morgan fingerprint density at radius 2 is 2.07 bits per heavy atom. The number of ether oxygens (including phenoxy) is 2. The van der Waals surface area contributed by atoms with Gasteiger partial charge in [-0.25, -0.2) is 0 Å². The number of piperidine rings is 1. The Kier molecular flexibility index (Phi) is 3.40. The predicted octanol–water partition coefficient (Wildman–Crippen LogP) is 2.39. The number of hydrogen-bond acceptors (Lipinski definition) is 5. The van der Waals surface area contributed by atoms with Crippen LogP contribution in [-0.2, 0) is 23.2 Å². The highest BCUT2D eigenvalue weighted by molar-refractivity contribution is 5.99. The van der Waals surface area contributed by atoms with Crippen LogP contribution in [0.3, 0.4) is 0 Å². The first-order valence-corrected chi connectivity index (χ1v) is 10.2. The van der Waals surface area contributed by atoms with Crippen LogP contribution in [0.15, 0.2) is 54.6 Å². The van der Waals surface area contributed by atoms with Crippen LogP contribution in [0.25, 0.3) is 0 Å². The lowest BCUT2D eigenvalue weighted by molar-refractivity contribution is -0.151. The van der Waals surface area contributed by atoms with E-state index in [9.17, 15) is 9.90 Å². The zero-order valence-electron chi connectivity index (χ0n) is 16.3. The first-order chi connectivity index (χ1) is 14.0. The summed E-state index contributed by atoms with van der Waals surface area (Å²) in [5.74, 6) is 1.21. The summed E-state index contributed by atoms with van der Waals surface area (Å²) in [6.45, 7) is 1.25. The maximum Gasteiger partial charge on any atom is 0.196 e. The van der Waals surface area contributed by atoms with Crippen molar-refractivity contribution in [3.8, 4) is 11.5 Å². The second-order valence-corrected chi connectivity index (χ2v) is 8.68. The molecule has 4 atom stereocenters. The van der Waals surface area contributed by atoms with Crippen LogP contribution in [0.4, 0.5) is 0 Å². The van der Waals surface area contributed by atoms with Crippen LogP contribution in [0.2, 0.25) is 0 Å². The minimum atomic E-state index is -1.12. The second kappa shape index (κ2) is 5.71. The van der Waals surface area contributed by atoms with Gasteiger partial charge in [-0.2, -0.15) is 0 Å². The van der Waals surface area contributed by atoms with Crippen molar-refractivity contribution in [1.29, 1.82) is 0 Å². The average molecular weight is 389 g/mol. The molecule has 5 nitrogen and oxygen atoms in total. The molecule has 148 valence electrons. The lowest BCUT2D eigenvalue weighted by Crippen LogP contribution is -2.74. The summed E-state index contributed by atoms with van der Waals surface area (Å²) in [5.41, 5.74) is 1.36. The molecule has 2 aliphatic carbocycles. The fraction of sp³-hybridized carbons (Fsp3) is 0.375. The zero-order chi connectivity index (χ0) is 19.8. The maximum atomic E-state index is 12.9. The van der Waals surface area contributed by atoms with Crippen molar-refractivity contribution < 1.29 is 19.4 Å². The van der Waals surface area contributed by atoms with Crippen molar-refractivity contribution in [2.75, 3.05) is 13.6 Å². The van der Waals surface area contributed by atoms with E-state index in [0.717, 1.165) is 29.7 Å². The molecule has 0 amide bonds. The Balaban J connectivity index is 1.49. The Morgan fingerprint density at radius 1 is 1.24 bits per heavy atom. The quantitative estimate of drug-likeness (QED) is 0.874. The van der Waals surface area contributed by atoms with Crippen molar-refractivity contribution in [2.45, 2.75) is 42.6 Å². The van der Waals surface area contributed by atoms with E-state index in [1.54, 1.807) is 6.08 Å². The Hall–Kier alpha value is -2.63. The molecule has 5 heteroatoms. The fourth-order valence-corrected chi connectivity index (χ4v) is 5.96. The topological polar surface area (TPSA) is 59.0 Å². The molecule has 1 unspecified atom stereocenters. The number of aliphatic hydroxyl groups is 1. The monoisotopic (exact) mass is 389 g/mol. The molecule has 1 spiro atoms. The van der Waals surface area contributed by atoms with Gasteiger partial charge in [-0.3, -0.25) is 9.69 Å². The minimum absolute atomic E-state index is 0.0683. The van der Waals surface area contributed by atoms with Gasteiger partial charge in [-0.1, -0.05) is 36.4 Å². The SMILES string of the molecule is CN1CC[C@]23c4c5ccc(OCc6ccccc6)c4O[C@H]2C(=O)C=C[C@@]3(O)C1C5. The second-order valence-electron chi connectivity index (χ2n) is 8.68. The summed E-state index contributed by atoms with van der Waals surface area (Å²) >= 11 is 0. The van der Waals surface area contributed by atoms with E-state index in [4.69, 9.17) is 9.47 Å². The number of benzene rings is 2. The Labute approximate surface area is 169 Å². The number of likely N-dealkylation sites (tertiary alicyclic amines) is 1. The van der Waals surface area contributed by atoms with Crippen molar-refractivity contribution in [2.24, 2.45) is 0 Å². The molecule has 1 saturated heterocycles. The van der Waals surface area contributed by atoms with Gasteiger partial charge in [-0.15, -0.1) is 0 Å². The highest BCUT2D eigenvalue weighted by atomic mass is 16.5. The fourth-order valence-electron chi connectivity index (χ4n) is 5.96. The Morgan fingerprint density at radius 3 is 2.90 bits per heavy atom. The van der Waals surface area contributed by atoms with Crippen molar-refractivity contribution in [1.82, 2.24) is 4.90 Å². The van der Waals surface area contributed by atoms with Crippen LogP contribution >= 0.6 is 0 Å². The van der Waals surface area contributed by atoms with Crippen LogP contribution in [-0.4, -0.2) is 47.1 Å². The molecule has 0 aromatic heterocycles. The molecule has 4 aliphatic rings. The van der Waals surface area contributed by atoms with Gasteiger partial charge in [0.1, 0.15) is 12.2 Å². The molecule has 2 aromatic rings. The van der Waals surface area contributed by atoms with Gasteiger partial charge >= 0.3 is 0 Å². The van der Waals surface area contributed by atoms with Crippen molar-refractivity contribution in [3.63, 3.8) is 0 Å². The van der Waals surface area contributed by atoms with E-state index >= 15 is 0 Å². The molecule has 2 aliphatic heterocycles. The number of likely N-dealkylation sites (N-methyl/N-ethyl adjacent to an activating group) is 1. The lowest BCUT2D eigenvalue weighted by Gasteiger charge is -2.60. The van der Waals surface area contributed by atoms with Crippen LogP contribution in [0, 0.1) is 0 Å². The summed E-state index contributed by atoms with van der Waals surface area (Å²) in [7, 11) is 2.05. The number of hydrogen-bond donors (Lipinski definition) is 1. The molecule has 6 rings (SSSR count). The minimum Gasteiger partial charge on any atom is -0.485 e. The number of ketones is 1. The predicted molar refractivity (Wildman–Crippen MR) is 107 cm³/mol.